The maximum atomic E-state index is 5.80. The third-order valence-electron chi connectivity index (χ3n) is 3.18. The Labute approximate surface area is 126 Å². The normalized spacial score (nSPS) is 10.9. The molecule has 0 bridgehead atoms. The number of nitrogens with two attached hydrogens (primary N) is 1. The molecule has 0 aliphatic heterocycles. The average Bonchev–Trinajstić information content (AvgIpc) is 2.94. The molecule has 0 spiro atoms. The number of nitrogens with zero attached hydrogens (tertiary/aromatic N) is 2. The number of rotatable bonds is 3. The third-order valence-corrected chi connectivity index (χ3v) is 4.29. The van der Waals surface area contributed by atoms with Crippen LogP contribution in [0.25, 0.3) is 10.1 Å². The standard InChI is InChI=1S/C14H14N4S2/c1-8-12(13(15)19)14(18(2)17-8)16-10-3-4-11-9(7-10)5-6-20-11/h3-7,16H,1-2H3,(H2,15,19). The van der Waals surface area contributed by atoms with Crippen molar-refractivity contribution in [2.75, 3.05) is 5.32 Å². The van der Waals surface area contributed by atoms with Crippen LogP contribution in [0.1, 0.15) is 11.3 Å². The van der Waals surface area contributed by atoms with Crippen molar-refractivity contribution in [2.24, 2.45) is 12.8 Å². The van der Waals surface area contributed by atoms with Crippen LogP contribution < -0.4 is 11.1 Å². The first-order valence-corrected chi connectivity index (χ1v) is 7.42. The van der Waals surface area contributed by atoms with Crippen LogP contribution in [0, 0.1) is 6.92 Å². The largest absolute Gasteiger partial charge is 0.389 e. The summed E-state index contributed by atoms with van der Waals surface area (Å²) in [5.74, 6) is 0.824. The van der Waals surface area contributed by atoms with Crippen molar-refractivity contribution in [3.63, 3.8) is 0 Å². The van der Waals surface area contributed by atoms with Gasteiger partial charge in [-0.05, 0) is 42.0 Å². The van der Waals surface area contributed by atoms with Gasteiger partial charge < -0.3 is 11.1 Å². The lowest BCUT2D eigenvalue weighted by molar-refractivity contribution is 0.765. The predicted octanol–water partition coefficient (Wildman–Crippen LogP) is 3.32. The number of anilines is 2. The SMILES string of the molecule is Cc1nn(C)c(Nc2ccc3sccc3c2)c1C(N)=S. The molecular formula is C14H14N4S2. The van der Waals surface area contributed by atoms with Crippen molar-refractivity contribution in [2.45, 2.75) is 6.92 Å². The summed E-state index contributed by atoms with van der Waals surface area (Å²) in [6, 6.07) is 8.36. The number of benzene rings is 1. The highest BCUT2D eigenvalue weighted by Crippen LogP contribution is 2.28. The van der Waals surface area contributed by atoms with E-state index in [0.29, 0.717) is 4.99 Å². The zero-order valence-corrected chi connectivity index (χ0v) is 12.8. The van der Waals surface area contributed by atoms with E-state index < -0.39 is 0 Å². The number of aryl methyl sites for hydroxylation is 2. The predicted molar refractivity (Wildman–Crippen MR) is 88.9 cm³/mol. The van der Waals surface area contributed by atoms with Gasteiger partial charge in [0.25, 0.3) is 0 Å². The van der Waals surface area contributed by atoms with E-state index in [0.717, 1.165) is 22.8 Å². The van der Waals surface area contributed by atoms with Crippen LogP contribution in [0.2, 0.25) is 0 Å². The second-order valence-corrected chi connectivity index (χ2v) is 5.98. The Morgan fingerprint density at radius 2 is 2.20 bits per heavy atom. The van der Waals surface area contributed by atoms with Crippen LogP contribution in [0.5, 0.6) is 0 Å². The molecule has 0 aliphatic carbocycles. The number of hydrogen-bond acceptors (Lipinski definition) is 4. The summed E-state index contributed by atoms with van der Waals surface area (Å²) in [7, 11) is 1.88. The van der Waals surface area contributed by atoms with Crippen molar-refractivity contribution in [3.05, 3.63) is 40.9 Å². The van der Waals surface area contributed by atoms with Crippen molar-refractivity contribution in [3.8, 4) is 0 Å². The Kier molecular flexibility index (Phi) is 3.19. The van der Waals surface area contributed by atoms with Gasteiger partial charge in [0.2, 0.25) is 0 Å². The second kappa shape index (κ2) is 4.88. The number of nitrogens with one attached hydrogen (secondary N) is 1. The number of thiophene rings is 1. The highest BCUT2D eigenvalue weighted by atomic mass is 32.1. The first-order valence-electron chi connectivity index (χ1n) is 6.14. The zero-order valence-electron chi connectivity index (χ0n) is 11.2. The van der Waals surface area contributed by atoms with Gasteiger partial charge in [0.1, 0.15) is 10.8 Å². The lowest BCUT2D eigenvalue weighted by Crippen LogP contribution is -2.12. The third kappa shape index (κ3) is 2.17. The Bertz CT molecular complexity index is 801. The molecule has 6 heteroatoms. The van der Waals surface area contributed by atoms with Gasteiger partial charge in [-0.25, -0.2) is 0 Å². The van der Waals surface area contributed by atoms with E-state index in [-0.39, 0.29) is 0 Å². The summed E-state index contributed by atoms with van der Waals surface area (Å²) >= 11 is 6.85. The molecule has 3 rings (SSSR count). The number of aromatic nitrogens is 2. The fourth-order valence-electron chi connectivity index (χ4n) is 2.28. The van der Waals surface area contributed by atoms with E-state index in [1.807, 2.05) is 20.0 Å². The molecule has 0 aliphatic rings. The molecule has 0 amide bonds. The molecule has 3 N–H and O–H groups in total. The van der Waals surface area contributed by atoms with E-state index >= 15 is 0 Å². The molecule has 0 saturated carbocycles. The van der Waals surface area contributed by atoms with Crippen molar-refractivity contribution in [1.82, 2.24) is 9.78 Å². The number of fused-ring (bicyclic) bond motifs is 1. The summed E-state index contributed by atoms with van der Waals surface area (Å²) in [6.45, 7) is 1.90. The maximum Gasteiger partial charge on any atom is 0.138 e. The van der Waals surface area contributed by atoms with Crippen molar-refractivity contribution in [1.29, 1.82) is 0 Å². The van der Waals surface area contributed by atoms with Gasteiger partial charge in [0.15, 0.2) is 0 Å². The van der Waals surface area contributed by atoms with E-state index in [4.69, 9.17) is 18.0 Å². The Morgan fingerprint density at radius 3 is 2.95 bits per heavy atom. The van der Waals surface area contributed by atoms with Gasteiger partial charge in [0.05, 0.1) is 11.3 Å². The van der Waals surface area contributed by atoms with Gasteiger partial charge in [-0.1, -0.05) is 12.2 Å². The minimum atomic E-state index is 0.356. The summed E-state index contributed by atoms with van der Waals surface area (Å²) in [4.78, 5) is 0.356. The molecule has 0 radical (unpaired) electrons. The molecule has 0 saturated heterocycles. The first kappa shape index (κ1) is 13.1. The van der Waals surface area contributed by atoms with Crippen LogP contribution in [0.15, 0.2) is 29.6 Å². The average molecular weight is 302 g/mol. The summed E-state index contributed by atoms with van der Waals surface area (Å²) in [5.41, 5.74) is 8.42. The molecule has 3 aromatic rings. The molecule has 0 unspecified atom stereocenters. The van der Waals surface area contributed by atoms with Crippen LogP contribution in [-0.4, -0.2) is 14.8 Å². The lowest BCUT2D eigenvalue weighted by Gasteiger charge is -2.09. The zero-order chi connectivity index (χ0) is 14.3. The fraction of sp³-hybridized carbons (Fsp3) is 0.143. The minimum Gasteiger partial charge on any atom is -0.389 e. The molecule has 4 nitrogen and oxygen atoms in total. The monoisotopic (exact) mass is 302 g/mol. The lowest BCUT2D eigenvalue weighted by atomic mass is 10.2. The molecule has 102 valence electrons. The van der Waals surface area contributed by atoms with Gasteiger partial charge in [-0.3, -0.25) is 4.68 Å². The highest BCUT2D eigenvalue weighted by molar-refractivity contribution is 7.80. The summed E-state index contributed by atoms with van der Waals surface area (Å²) in [6.07, 6.45) is 0. The summed E-state index contributed by atoms with van der Waals surface area (Å²) in [5, 5.41) is 11.0. The van der Waals surface area contributed by atoms with Crippen LogP contribution in [0.4, 0.5) is 11.5 Å². The number of thiocarbonyl (C=S) groups is 1. The van der Waals surface area contributed by atoms with Gasteiger partial charge >= 0.3 is 0 Å². The Hall–Kier alpha value is -1.92. The molecule has 0 fully saturated rings. The Morgan fingerprint density at radius 1 is 1.40 bits per heavy atom. The molecule has 2 heterocycles. The van der Waals surface area contributed by atoms with E-state index in [9.17, 15) is 0 Å². The fourth-order valence-corrected chi connectivity index (χ4v) is 3.29. The highest BCUT2D eigenvalue weighted by Gasteiger charge is 2.15. The molecule has 20 heavy (non-hydrogen) atoms. The van der Waals surface area contributed by atoms with Gasteiger partial charge in [-0.15, -0.1) is 11.3 Å². The minimum absolute atomic E-state index is 0.356. The van der Waals surface area contributed by atoms with Crippen LogP contribution in [-0.2, 0) is 7.05 Å². The van der Waals surface area contributed by atoms with Crippen LogP contribution >= 0.6 is 23.6 Å². The van der Waals surface area contributed by atoms with E-state index in [1.54, 1.807) is 16.0 Å². The molecular weight excluding hydrogens is 288 g/mol. The van der Waals surface area contributed by atoms with Crippen molar-refractivity contribution < 1.29 is 0 Å². The van der Waals surface area contributed by atoms with E-state index in [1.165, 1.54) is 10.1 Å². The second-order valence-electron chi connectivity index (χ2n) is 4.60. The summed E-state index contributed by atoms with van der Waals surface area (Å²) < 4.78 is 3.04. The molecule has 0 atom stereocenters. The Balaban J connectivity index is 2.04. The van der Waals surface area contributed by atoms with Crippen LogP contribution in [0.3, 0.4) is 0 Å². The maximum absolute atomic E-state index is 5.80. The van der Waals surface area contributed by atoms with E-state index in [2.05, 4.69) is 34.0 Å². The number of hydrogen-bond donors (Lipinski definition) is 2. The first-order chi connectivity index (χ1) is 9.56. The quantitative estimate of drug-likeness (QED) is 0.729. The smallest absolute Gasteiger partial charge is 0.138 e. The van der Waals surface area contributed by atoms with Gasteiger partial charge in [-0.2, -0.15) is 5.10 Å². The topological polar surface area (TPSA) is 55.9 Å². The molecule has 1 aromatic carbocycles. The van der Waals surface area contributed by atoms with Crippen molar-refractivity contribution >= 4 is 50.1 Å². The van der Waals surface area contributed by atoms with Gasteiger partial charge in [0, 0.05) is 17.4 Å². The molecule has 2 aromatic heterocycles.